The molecule has 4 rings (SSSR count). The van der Waals surface area contributed by atoms with E-state index in [0.29, 0.717) is 5.82 Å². The van der Waals surface area contributed by atoms with E-state index in [2.05, 4.69) is 36.4 Å². The molecule has 0 aliphatic carbocycles. The fraction of sp³-hybridized carbons (Fsp3) is 0.217. The Morgan fingerprint density at radius 1 is 1.17 bits per heavy atom. The maximum absolute atomic E-state index is 14.3. The molecule has 0 saturated carbocycles. The highest BCUT2D eigenvalue weighted by Crippen LogP contribution is 2.24. The quantitative estimate of drug-likeness (QED) is 0.334. The van der Waals surface area contributed by atoms with Crippen molar-refractivity contribution in [3.05, 3.63) is 83.1 Å². The Labute approximate surface area is 199 Å². The number of amides is 2. The van der Waals surface area contributed by atoms with Crippen LogP contribution in [-0.2, 0) is 11.3 Å². The van der Waals surface area contributed by atoms with Crippen molar-refractivity contribution in [1.29, 1.82) is 0 Å². The lowest BCUT2D eigenvalue weighted by molar-refractivity contribution is -0.121. The lowest BCUT2D eigenvalue weighted by atomic mass is 9.98. The number of benzene rings is 2. The Morgan fingerprint density at radius 2 is 1.94 bits per heavy atom. The average Bonchev–Trinajstić information content (AvgIpc) is 3.53. The van der Waals surface area contributed by atoms with Crippen molar-refractivity contribution in [2.45, 2.75) is 25.9 Å². The summed E-state index contributed by atoms with van der Waals surface area (Å²) in [6.07, 6.45) is -0.0421. The summed E-state index contributed by atoms with van der Waals surface area (Å²) in [6.45, 7) is 1.98. The van der Waals surface area contributed by atoms with Crippen LogP contribution in [0.1, 0.15) is 39.9 Å². The van der Waals surface area contributed by atoms with Crippen LogP contribution in [0.3, 0.4) is 0 Å². The number of halogens is 1. The molecule has 2 amide bonds. The first kappa shape index (κ1) is 23.5. The third-order valence-electron chi connectivity index (χ3n) is 5.29. The zero-order valence-corrected chi connectivity index (χ0v) is 19.0. The Kier molecular flexibility index (Phi) is 7.10. The molecule has 0 radical (unpaired) electrons. The van der Waals surface area contributed by atoms with E-state index in [4.69, 9.17) is 4.74 Å². The van der Waals surface area contributed by atoms with Crippen LogP contribution in [0, 0.1) is 12.7 Å². The number of aromatic amines is 1. The monoisotopic (exact) mass is 478 g/mol. The Balaban J connectivity index is 1.56. The van der Waals surface area contributed by atoms with E-state index < -0.39 is 17.8 Å². The molecule has 2 heterocycles. The van der Waals surface area contributed by atoms with Crippen molar-refractivity contribution in [3.63, 3.8) is 0 Å². The molecule has 12 heteroatoms. The molecule has 180 valence electrons. The zero-order chi connectivity index (χ0) is 24.8. The van der Waals surface area contributed by atoms with E-state index in [1.807, 2.05) is 31.2 Å². The Bertz CT molecular complexity index is 1320. The average molecular weight is 478 g/mol. The second-order valence-corrected chi connectivity index (χ2v) is 7.63. The normalized spacial score (nSPS) is 11.6. The van der Waals surface area contributed by atoms with Crippen LogP contribution in [-0.4, -0.2) is 49.3 Å². The van der Waals surface area contributed by atoms with Gasteiger partial charge in [-0.3, -0.25) is 9.59 Å². The predicted molar refractivity (Wildman–Crippen MR) is 122 cm³/mol. The number of para-hydroxylation sites is 1. The Hall–Kier alpha value is -4.61. The van der Waals surface area contributed by atoms with Gasteiger partial charge in [-0.15, -0.1) is 10.2 Å². The number of hydrogen-bond acceptors (Lipinski definition) is 7. The summed E-state index contributed by atoms with van der Waals surface area (Å²) in [5, 5.41) is 23.2. The van der Waals surface area contributed by atoms with Crippen molar-refractivity contribution in [2.24, 2.45) is 0 Å². The third-order valence-corrected chi connectivity index (χ3v) is 5.29. The fourth-order valence-electron chi connectivity index (χ4n) is 3.56. The van der Waals surface area contributed by atoms with Crippen molar-refractivity contribution in [2.75, 3.05) is 7.11 Å². The molecule has 0 unspecified atom stereocenters. The van der Waals surface area contributed by atoms with E-state index in [0.717, 1.165) is 11.1 Å². The Morgan fingerprint density at radius 3 is 2.66 bits per heavy atom. The first-order valence-electron chi connectivity index (χ1n) is 10.7. The number of rotatable bonds is 9. The maximum atomic E-state index is 14.3. The van der Waals surface area contributed by atoms with Crippen molar-refractivity contribution in [1.82, 2.24) is 41.0 Å². The number of methoxy groups -OCH3 is 1. The summed E-state index contributed by atoms with van der Waals surface area (Å²) in [6, 6.07) is 14.2. The molecule has 35 heavy (non-hydrogen) atoms. The van der Waals surface area contributed by atoms with E-state index >= 15 is 0 Å². The van der Waals surface area contributed by atoms with Crippen LogP contribution in [0.2, 0.25) is 0 Å². The minimum Gasteiger partial charge on any atom is -0.481 e. The highest BCUT2D eigenvalue weighted by molar-refractivity contribution is 5.93. The van der Waals surface area contributed by atoms with Crippen LogP contribution in [0.15, 0.2) is 54.6 Å². The van der Waals surface area contributed by atoms with Crippen molar-refractivity contribution in [3.8, 4) is 11.6 Å². The molecule has 2 aromatic carbocycles. The lowest BCUT2D eigenvalue weighted by Gasteiger charge is -2.20. The van der Waals surface area contributed by atoms with Gasteiger partial charge in [0.15, 0.2) is 11.5 Å². The molecular formula is C23H23FN8O3. The number of nitrogens with one attached hydrogen (secondary N) is 3. The molecular weight excluding hydrogens is 455 g/mol. The van der Waals surface area contributed by atoms with Gasteiger partial charge >= 0.3 is 0 Å². The minimum absolute atomic E-state index is 0.0101. The summed E-state index contributed by atoms with van der Waals surface area (Å²) < 4.78 is 20.8. The summed E-state index contributed by atoms with van der Waals surface area (Å²) in [7, 11) is 1.40. The number of carbonyl (C=O) groups is 2. The molecule has 4 aromatic rings. The smallest absolute Gasteiger partial charge is 0.272 e. The van der Waals surface area contributed by atoms with Crippen LogP contribution < -0.4 is 15.4 Å². The van der Waals surface area contributed by atoms with E-state index in [1.54, 1.807) is 12.1 Å². The van der Waals surface area contributed by atoms with Gasteiger partial charge in [0.1, 0.15) is 11.5 Å². The second-order valence-electron chi connectivity index (χ2n) is 7.63. The molecule has 0 spiro atoms. The summed E-state index contributed by atoms with van der Waals surface area (Å²) in [4.78, 5) is 25.8. The van der Waals surface area contributed by atoms with E-state index in [-0.39, 0.29) is 36.1 Å². The number of ether oxygens (including phenoxy) is 1. The van der Waals surface area contributed by atoms with Gasteiger partial charge in [0.05, 0.1) is 26.1 Å². The zero-order valence-electron chi connectivity index (χ0n) is 19.0. The SMILES string of the molecule is COc1cc(C(=O)N[C@@H](CC(=O)NCc2nn[nH]n2)c2ccccc2C)nn1-c1ccccc1F. The van der Waals surface area contributed by atoms with Gasteiger partial charge in [-0.25, -0.2) is 4.39 Å². The molecule has 2 aromatic heterocycles. The van der Waals surface area contributed by atoms with Gasteiger partial charge in [-0.2, -0.15) is 15.0 Å². The third kappa shape index (κ3) is 5.49. The van der Waals surface area contributed by atoms with Gasteiger partial charge in [-0.1, -0.05) is 41.6 Å². The highest BCUT2D eigenvalue weighted by atomic mass is 19.1. The topological polar surface area (TPSA) is 140 Å². The number of aryl methyl sites for hydroxylation is 1. The first-order chi connectivity index (χ1) is 17.0. The highest BCUT2D eigenvalue weighted by Gasteiger charge is 2.24. The molecule has 0 fully saturated rings. The van der Waals surface area contributed by atoms with Crippen LogP contribution in [0.4, 0.5) is 4.39 Å². The maximum Gasteiger partial charge on any atom is 0.272 e. The summed E-state index contributed by atoms with van der Waals surface area (Å²) in [5.41, 5.74) is 1.82. The summed E-state index contributed by atoms with van der Waals surface area (Å²) >= 11 is 0. The number of carbonyl (C=O) groups excluding carboxylic acids is 2. The van der Waals surface area contributed by atoms with E-state index in [1.165, 1.54) is 30.0 Å². The molecule has 1 atom stereocenters. The van der Waals surface area contributed by atoms with Gasteiger partial charge in [-0.05, 0) is 30.2 Å². The number of nitrogens with zero attached hydrogens (tertiary/aromatic N) is 5. The number of aromatic nitrogens is 6. The van der Waals surface area contributed by atoms with Crippen molar-refractivity contribution >= 4 is 11.8 Å². The predicted octanol–water partition coefficient (Wildman–Crippen LogP) is 2.02. The van der Waals surface area contributed by atoms with Crippen LogP contribution in [0.25, 0.3) is 5.69 Å². The first-order valence-corrected chi connectivity index (χ1v) is 10.7. The molecule has 0 aliphatic rings. The second kappa shape index (κ2) is 10.5. The van der Waals surface area contributed by atoms with Gasteiger partial charge in [0, 0.05) is 6.07 Å². The molecule has 0 aliphatic heterocycles. The largest absolute Gasteiger partial charge is 0.481 e. The standard InChI is InChI=1S/C23H23FN8O3/c1-14-7-3-4-8-15(14)17(11-21(33)25-13-20-27-30-31-28-20)26-23(34)18-12-22(35-2)32(29-18)19-10-6-5-9-16(19)24/h3-10,12,17H,11,13H2,1-2H3,(H,25,33)(H,26,34)(H,27,28,30,31)/t17-/m0/s1. The number of H-pyrrole nitrogens is 1. The van der Waals surface area contributed by atoms with Gasteiger partial charge < -0.3 is 15.4 Å². The van der Waals surface area contributed by atoms with Crippen molar-refractivity contribution < 1.29 is 18.7 Å². The minimum atomic E-state index is -0.654. The molecule has 0 saturated heterocycles. The van der Waals surface area contributed by atoms with Gasteiger partial charge in [0.25, 0.3) is 5.91 Å². The lowest BCUT2D eigenvalue weighted by Crippen LogP contribution is -2.34. The molecule has 11 nitrogen and oxygen atoms in total. The molecule has 0 bridgehead atoms. The number of tetrazole rings is 1. The van der Waals surface area contributed by atoms with Gasteiger partial charge in [0.2, 0.25) is 11.8 Å². The molecule has 3 N–H and O–H groups in total. The fourth-order valence-corrected chi connectivity index (χ4v) is 3.56. The van der Waals surface area contributed by atoms with Crippen LogP contribution in [0.5, 0.6) is 5.88 Å². The van der Waals surface area contributed by atoms with E-state index in [9.17, 15) is 14.0 Å². The summed E-state index contributed by atoms with van der Waals surface area (Å²) in [5.74, 6) is -0.862. The van der Waals surface area contributed by atoms with Crippen LogP contribution >= 0.6 is 0 Å². The number of hydrogen-bond donors (Lipinski definition) is 3.